The number of fused-ring (bicyclic) bond motifs is 1. The summed E-state index contributed by atoms with van der Waals surface area (Å²) < 4.78 is 11.4. The maximum atomic E-state index is 5.81. The summed E-state index contributed by atoms with van der Waals surface area (Å²) in [5.74, 6) is 0.534. The number of benzene rings is 1. The van der Waals surface area contributed by atoms with Gasteiger partial charge in [-0.15, -0.1) is 0 Å². The van der Waals surface area contributed by atoms with Gasteiger partial charge in [-0.05, 0) is 31.0 Å². The summed E-state index contributed by atoms with van der Waals surface area (Å²) in [6.07, 6.45) is 1.66. The number of hydrogen-bond acceptors (Lipinski definition) is 4. The Labute approximate surface area is 100.0 Å². The van der Waals surface area contributed by atoms with Crippen molar-refractivity contribution in [1.82, 2.24) is 10.3 Å². The Balaban J connectivity index is 1.79. The number of hydrogen-bond donors (Lipinski definition) is 1. The third kappa shape index (κ3) is 2.13. The average molecular weight is 232 g/mol. The van der Waals surface area contributed by atoms with Crippen LogP contribution in [-0.2, 0) is 0 Å². The molecule has 90 valence electrons. The van der Waals surface area contributed by atoms with E-state index < -0.39 is 0 Å². The summed E-state index contributed by atoms with van der Waals surface area (Å²) in [6, 6.07) is 7.70. The van der Waals surface area contributed by atoms with Gasteiger partial charge in [0.15, 0.2) is 5.58 Å². The van der Waals surface area contributed by atoms with Gasteiger partial charge in [-0.25, -0.2) is 0 Å². The second kappa shape index (κ2) is 4.37. The Morgan fingerprint density at radius 2 is 2.29 bits per heavy atom. The third-order valence-corrected chi connectivity index (χ3v) is 3.28. The largest absolute Gasteiger partial charge is 0.445 e. The fraction of sp³-hybridized carbons (Fsp3) is 0.462. The molecule has 2 heterocycles. The van der Waals surface area contributed by atoms with Gasteiger partial charge < -0.3 is 14.5 Å². The van der Waals surface area contributed by atoms with E-state index in [-0.39, 0.29) is 6.10 Å². The highest BCUT2D eigenvalue weighted by Crippen LogP contribution is 2.23. The lowest BCUT2D eigenvalue weighted by Crippen LogP contribution is -2.42. The first-order valence-electron chi connectivity index (χ1n) is 6.06. The Morgan fingerprint density at radius 1 is 1.41 bits per heavy atom. The van der Waals surface area contributed by atoms with Crippen LogP contribution in [0.5, 0.6) is 6.08 Å². The van der Waals surface area contributed by atoms with Crippen LogP contribution in [0.1, 0.15) is 13.3 Å². The molecule has 0 bridgehead atoms. The molecule has 3 rings (SSSR count). The van der Waals surface area contributed by atoms with Crippen LogP contribution >= 0.6 is 0 Å². The van der Waals surface area contributed by atoms with Crippen molar-refractivity contribution in [3.63, 3.8) is 0 Å². The number of nitrogens with zero attached hydrogens (tertiary/aromatic N) is 1. The molecule has 0 spiro atoms. The van der Waals surface area contributed by atoms with E-state index in [2.05, 4.69) is 17.2 Å². The van der Waals surface area contributed by atoms with E-state index in [0.717, 1.165) is 30.6 Å². The standard InChI is InChI=1S/C13H16N2O2/c1-9-6-7-14-8-12(9)17-13-15-10-4-2-3-5-11(10)16-13/h2-5,9,12,14H,6-8H2,1H3. The summed E-state index contributed by atoms with van der Waals surface area (Å²) in [7, 11) is 0. The number of ether oxygens (including phenoxy) is 1. The average Bonchev–Trinajstić information content (AvgIpc) is 2.74. The highest BCUT2D eigenvalue weighted by molar-refractivity contribution is 5.72. The number of aromatic nitrogens is 1. The van der Waals surface area contributed by atoms with Crippen LogP contribution in [0, 0.1) is 5.92 Å². The third-order valence-electron chi connectivity index (χ3n) is 3.28. The predicted molar refractivity (Wildman–Crippen MR) is 65.1 cm³/mol. The molecular weight excluding hydrogens is 216 g/mol. The van der Waals surface area contributed by atoms with Crippen molar-refractivity contribution in [2.75, 3.05) is 13.1 Å². The van der Waals surface area contributed by atoms with Gasteiger partial charge in [0.2, 0.25) is 0 Å². The molecular formula is C13H16N2O2. The number of piperidine rings is 1. The Kier molecular flexibility index (Phi) is 2.73. The molecule has 17 heavy (non-hydrogen) atoms. The molecule has 4 heteroatoms. The molecule has 0 radical (unpaired) electrons. The minimum Gasteiger partial charge on any atom is -0.445 e. The minimum absolute atomic E-state index is 0.150. The van der Waals surface area contributed by atoms with Gasteiger partial charge in [0, 0.05) is 6.54 Å². The topological polar surface area (TPSA) is 47.3 Å². The molecule has 4 nitrogen and oxygen atoms in total. The van der Waals surface area contributed by atoms with Crippen LogP contribution in [-0.4, -0.2) is 24.2 Å². The van der Waals surface area contributed by atoms with Crippen LogP contribution in [0.3, 0.4) is 0 Å². The quantitative estimate of drug-likeness (QED) is 0.862. The van der Waals surface area contributed by atoms with E-state index >= 15 is 0 Å². The summed E-state index contributed by atoms with van der Waals surface area (Å²) >= 11 is 0. The zero-order chi connectivity index (χ0) is 11.7. The van der Waals surface area contributed by atoms with Crippen LogP contribution < -0.4 is 10.1 Å². The summed E-state index contributed by atoms with van der Waals surface area (Å²) in [4.78, 5) is 4.32. The molecule has 0 amide bonds. The summed E-state index contributed by atoms with van der Waals surface area (Å²) in [6.45, 7) is 4.13. The van der Waals surface area contributed by atoms with Gasteiger partial charge in [-0.1, -0.05) is 19.1 Å². The maximum Gasteiger partial charge on any atom is 0.394 e. The highest BCUT2D eigenvalue weighted by Gasteiger charge is 2.24. The van der Waals surface area contributed by atoms with Gasteiger partial charge in [-0.2, -0.15) is 4.98 Å². The molecule has 1 fully saturated rings. The lowest BCUT2D eigenvalue weighted by molar-refractivity contribution is 0.0832. The SMILES string of the molecule is CC1CCNCC1Oc1nc2ccccc2o1. The van der Waals surface area contributed by atoms with Crippen molar-refractivity contribution >= 4 is 11.1 Å². The van der Waals surface area contributed by atoms with Gasteiger partial charge in [0.05, 0.1) is 0 Å². The zero-order valence-corrected chi connectivity index (χ0v) is 9.85. The molecule has 1 aliphatic heterocycles. The predicted octanol–water partition coefficient (Wildman–Crippen LogP) is 2.20. The number of para-hydroxylation sites is 2. The lowest BCUT2D eigenvalue weighted by atomic mass is 9.97. The summed E-state index contributed by atoms with van der Waals surface area (Å²) in [5, 5.41) is 3.32. The number of nitrogens with one attached hydrogen (secondary N) is 1. The Hall–Kier alpha value is -1.55. The smallest absolute Gasteiger partial charge is 0.394 e. The van der Waals surface area contributed by atoms with E-state index in [4.69, 9.17) is 9.15 Å². The first kappa shape index (κ1) is 10.6. The normalized spacial score (nSPS) is 25.0. The molecule has 2 unspecified atom stereocenters. The van der Waals surface area contributed by atoms with Crippen molar-refractivity contribution in [1.29, 1.82) is 0 Å². The number of oxazole rings is 1. The van der Waals surface area contributed by atoms with E-state index in [1.807, 2.05) is 24.3 Å². The van der Waals surface area contributed by atoms with Gasteiger partial charge in [-0.3, -0.25) is 0 Å². The highest BCUT2D eigenvalue weighted by atomic mass is 16.6. The van der Waals surface area contributed by atoms with E-state index in [1.54, 1.807) is 0 Å². The van der Waals surface area contributed by atoms with E-state index in [1.165, 1.54) is 0 Å². The molecule has 2 atom stereocenters. The van der Waals surface area contributed by atoms with Crippen LogP contribution in [0.25, 0.3) is 11.1 Å². The molecule has 1 saturated heterocycles. The first-order chi connectivity index (χ1) is 8.33. The van der Waals surface area contributed by atoms with Gasteiger partial charge >= 0.3 is 6.08 Å². The summed E-state index contributed by atoms with van der Waals surface area (Å²) in [5.41, 5.74) is 1.62. The van der Waals surface area contributed by atoms with E-state index in [9.17, 15) is 0 Å². The minimum atomic E-state index is 0.150. The van der Waals surface area contributed by atoms with Gasteiger partial charge in [0.25, 0.3) is 0 Å². The molecule has 0 saturated carbocycles. The molecule has 2 aromatic rings. The fourth-order valence-electron chi connectivity index (χ4n) is 2.15. The first-order valence-corrected chi connectivity index (χ1v) is 6.06. The van der Waals surface area contributed by atoms with Crippen molar-refractivity contribution in [2.45, 2.75) is 19.4 Å². The van der Waals surface area contributed by atoms with Crippen molar-refractivity contribution in [3.8, 4) is 6.08 Å². The molecule has 1 aromatic heterocycles. The number of rotatable bonds is 2. The van der Waals surface area contributed by atoms with Crippen molar-refractivity contribution in [3.05, 3.63) is 24.3 Å². The zero-order valence-electron chi connectivity index (χ0n) is 9.85. The monoisotopic (exact) mass is 232 g/mol. The second-order valence-corrected chi connectivity index (χ2v) is 4.57. The molecule has 1 aromatic carbocycles. The molecule has 0 aliphatic carbocycles. The second-order valence-electron chi connectivity index (χ2n) is 4.57. The lowest BCUT2D eigenvalue weighted by Gasteiger charge is -2.28. The molecule has 1 N–H and O–H groups in total. The van der Waals surface area contributed by atoms with E-state index in [0.29, 0.717) is 12.0 Å². The molecule has 1 aliphatic rings. The fourth-order valence-corrected chi connectivity index (χ4v) is 2.15. The van der Waals surface area contributed by atoms with Crippen LogP contribution in [0.4, 0.5) is 0 Å². The van der Waals surface area contributed by atoms with Crippen molar-refractivity contribution < 1.29 is 9.15 Å². The maximum absolute atomic E-state index is 5.81. The van der Waals surface area contributed by atoms with Crippen molar-refractivity contribution in [2.24, 2.45) is 5.92 Å². The van der Waals surface area contributed by atoms with Crippen LogP contribution in [0.2, 0.25) is 0 Å². The Morgan fingerprint density at radius 3 is 3.12 bits per heavy atom. The van der Waals surface area contributed by atoms with Crippen LogP contribution in [0.15, 0.2) is 28.7 Å². The van der Waals surface area contributed by atoms with Gasteiger partial charge in [0.1, 0.15) is 11.6 Å². The Bertz CT molecular complexity index is 476.